The van der Waals surface area contributed by atoms with E-state index in [0.717, 1.165) is 0 Å². The molecule has 0 N–H and O–H groups in total. The fraction of sp³-hybridized carbons (Fsp3) is 0.500. The Balaban J connectivity index is 2.04. The number of rotatable bonds is 5. The minimum absolute atomic E-state index is 0.480. The van der Waals surface area contributed by atoms with Crippen molar-refractivity contribution in [2.24, 2.45) is 0 Å². The summed E-state index contributed by atoms with van der Waals surface area (Å²) in [4.78, 5) is 1.40. The molecule has 0 fully saturated rings. The Hall–Kier alpha value is 1.01. The lowest BCUT2D eigenvalue weighted by Crippen LogP contribution is -1.86. The third-order valence-electron chi connectivity index (χ3n) is 1.33. The summed E-state index contributed by atoms with van der Waals surface area (Å²) >= 11 is 10.6. The van der Waals surface area contributed by atoms with E-state index in [2.05, 4.69) is 48.7 Å². The lowest BCUT2D eigenvalue weighted by Gasteiger charge is -2.00. The van der Waals surface area contributed by atoms with Gasteiger partial charge in [0, 0.05) is 10.3 Å². The van der Waals surface area contributed by atoms with Gasteiger partial charge in [0.1, 0.15) is 0 Å². The summed E-state index contributed by atoms with van der Waals surface area (Å²) in [6.45, 7) is 0. The maximum Gasteiger partial charge on any atom is 0.0698 e. The third kappa shape index (κ3) is 4.90. The molecule has 1 rings (SSSR count). The summed E-state index contributed by atoms with van der Waals surface area (Å²) in [5, 5.41) is 4.32. The van der Waals surface area contributed by atoms with E-state index in [1.165, 1.54) is 23.5 Å². The molecule has 0 atom stereocenters. The molecular formula is C8H10Br2S2. The summed E-state index contributed by atoms with van der Waals surface area (Å²) < 4.78 is 0.480. The van der Waals surface area contributed by atoms with E-state index in [0.29, 0.717) is 3.74 Å². The Morgan fingerprint density at radius 1 is 1.50 bits per heavy atom. The SMILES string of the molecule is BrC(Br)CCCSc1ccsc1. The monoisotopic (exact) mass is 328 g/mol. The molecule has 0 saturated heterocycles. The van der Waals surface area contributed by atoms with Gasteiger partial charge in [-0.2, -0.15) is 11.3 Å². The van der Waals surface area contributed by atoms with E-state index in [1.807, 2.05) is 11.8 Å². The minimum Gasteiger partial charge on any atom is -0.151 e. The van der Waals surface area contributed by atoms with Gasteiger partial charge in [-0.05, 0) is 30.0 Å². The second-order valence-corrected chi connectivity index (χ2v) is 7.73. The average molecular weight is 330 g/mol. The number of alkyl halides is 2. The number of halogens is 2. The van der Waals surface area contributed by atoms with Crippen molar-refractivity contribution < 1.29 is 0 Å². The van der Waals surface area contributed by atoms with Gasteiger partial charge in [0.2, 0.25) is 0 Å². The van der Waals surface area contributed by atoms with E-state index < -0.39 is 0 Å². The first-order valence-corrected chi connectivity index (χ1v) is 7.48. The smallest absolute Gasteiger partial charge is 0.0698 e. The second kappa shape index (κ2) is 6.46. The highest BCUT2D eigenvalue weighted by molar-refractivity contribution is 9.24. The lowest BCUT2D eigenvalue weighted by atomic mass is 10.4. The Kier molecular flexibility index (Phi) is 5.97. The maximum atomic E-state index is 3.46. The van der Waals surface area contributed by atoms with Crippen molar-refractivity contribution in [3.8, 4) is 0 Å². The topological polar surface area (TPSA) is 0 Å². The summed E-state index contributed by atoms with van der Waals surface area (Å²) in [5.74, 6) is 1.21. The molecule has 68 valence electrons. The molecule has 0 aliphatic heterocycles. The highest BCUT2D eigenvalue weighted by atomic mass is 79.9. The van der Waals surface area contributed by atoms with Crippen LogP contribution in [0.15, 0.2) is 21.7 Å². The van der Waals surface area contributed by atoms with Crippen molar-refractivity contribution in [2.75, 3.05) is 5.75 Å². The fourth-order valence-corrected chi connectivity index (χ4v) is 3.16. The zero-order valence-electron chi connectivity index (χ0n) is 6.50. The largest absolute Gasteiger partial charge is 0.151 e. The number of hydrogen-bond donors (Lipinski definition) is 0. The van der Waals surface area contributed by atoms with Gasteiger partial charge in [-0.15, -0.1) is 11.8 Å². The standard InChI is InChI=1S/C8H10Br2S2/c9-8(10)2-1-4-12-7-3-5-11-6-7/h3,5-6,8H,1-2,4H2. The van der Waals surface area contributed by atoms with E-state index in [-0.39, 0.29) is 0 Å². The first kappa shape index (κ1) is 11.1. The van der Waals surface area contributed by atoms with E-state index in [9.17, 15) is 0 Å². The first-order chi connectivity index (χ1) is 5.79. The van der Waals surface area contributed by atoms with Crippen molar-refractivity contribution in [3.05, 3.63) is 16.8 Å². The third-order valence-corrected chi connectivity index (χ3v) is 4.16. The molecule has 1 aromatic heterocycles. The zero-order chi connectivity index (χ0) is 8.81. The van der Waals surface area contributed by atoms with Crippen LogP contribution in [0, 0.1) is 0 Å². The molecule has 0 aromatic carbocycles. The molecule has 0 aliphatic rings. The molecule has 0 radical (unpaired) electrons. The average Bonchev–Trinajstić information content (AvgIpc) is 2.49. The number of thioether (sulfide) groups is 1. The zero-order valence-corrected chi connectivity index (χ0v) is 11.3. The van der Waals surface area contributed by atoms with Crippen molar-refractivity contribution >= 4 is 55.0 Å². The normalized spacial score (nSPS) is 10.9. The Labute approximate surface area is 98.4 Å². The number of thiophene rings is 1. The maximum absolute atomic E-state index is 3.46. The van der Waals surface area contributed by atoms with Gasteiger partial charge in [-0.25, -0.2) is 0 Å². The van der Waals surface area contributed by atoms with Gasteiger partial charge in [-0.3, -0.25) is 0 Å². The van der Waals surface area contributed by atoms with Crippen molar-refractivity contribution in [2.45, 2.75) is 21.5 Å². The molecule has 12 heavy (non-hydrogen) atoms. The van der Waals surface area contributed by atoms with Crippen LogP contribution in [-0.2, 0) is 0 Å². The Morgan fingerprint density at radius 2 is 2.33 bits per heavy atom. The van der Waals surface area contributed by atoms with E-state index >= 15 is 0 Å². The van der Waals surface area contributed by atoms with Crippen LogP contribution in [0.2, 0.25) is 0 Å². The predicted molar refractivity (Wildman–Crippen MR) is 65.9 cm³/mol. The summed E-state index contributed by atoms with van der Waals surface area (Å²) in [5.41, 5.74) is 0. The quantitative estimate of drug-likeness (QED) is 0.427. The van der Waals surface area contributed by atoms with Crippen LogP contribution in [0.1, 0.15) is 12.8 Å². The van der Waals surface area contributed by atoms with Crippen molar-refractivity contribution in [3.63, 3.8) is 0 Å². The van der Waals surface area contributed by atoms with Gasteiger partial charge in [0.25, 0.3) is 0 Å². The molecule has 1 aromatic rings. The Bertz CT molecular complexity index is 197. The molecule has 0 amide bonds. The van der Waals surface area contributed by atoms with E-state index in [4.69, 9.17) is 0 Å². The molecule has 0 aliphatic carbocycles. The van der Waals surface area contributed by atoms with Crippen LogP contribution in [0.5, 0.6) is 0 Å². The first-order valence-electron chi connectivity index (χ1n) is 3.72. The van der Waals surface area contributed by atoms with Crippen LogP contribution in [-0.4, -0.2) is 9.49 Å². The molecular weight excluding hydrogens is 320 g/mol. The number of hydrogen-bond acceptors (Lipinski definition) is 2. The van der Waals surface area contributed by atoms with Crippen LogP contribution in [0.4, 0.5) is 0 Å². The highest BCUT2D eigenvalue weighted by Crippen LogP contribution is 2.23. The molecule has 1 heterocycles. The van der Waals surface area contributed by atoms with Crippen LogP contribution in [0.25, 0.3) is 0 Å². The molecule has 0 nitrogen and oxygen atoms in total. The highest BCUT2D eigenvalue weighted by Gasteiger charge is 1.98. The molecule has 0 bridgehead atoms. The predicted octanol–water partition coefficient (Wildman–Crippen LogP) is 4.74. The van der Waals surface area contributed by atoms with Crippen molar-refractivity contribution in [1.82, 2.24) is 0 Å². The summed E-state index contributed by atoms with van der Waals surface area (Å²) in [6, 6.07) is 2.18. The van der Waals surface area contributed by atoms with Crippen LogP contribution < -0.4 is 0 Å². The summed E-state index contributed by atoms with van der Waals surface area (Å²) in [6.07, 6.45) is 2.44. The van der Waals surface area contributed by atoms with Gasteiger partial charge in [-0.1, -0.05) is 31.9 Å². The van der Waals surface area contributed by atoms with Gasteiger partial charge in [0.05, 0.1) is 3.74 Å². The van der Waals surface area contributed by atoms with Gasteiger partial charge < -0.3 is 0 Å². The lowest BCUT2D eigenvalue weighted by molar-refractivity contribution is 0.893. The van der Waals surface area contributed by atoms with Crippen molar-refractivity contribution in [1.29, 1.82) is 0 Å². The summed E-state index contributed by atoms with van der Waals surface area (Å²) in [7, 11) is 0. The minimum atomic E-state index is 0.480. The molecule has 0 saturated carbocycles. The molecule has 0 spiro atoms. The Morgan fingerprint density at radius 3 is 2.92 bits per heavy atom. The van der Waals surface area contributed by atoms with Gasteiger partial charge in [0.15, 0.2) is 0 Å². The van der Waals surface area contributed by atoms with Crippen LogP contribution in [0.3, 0.4) is 0 Å². The van der Waals surface area contributed by atoms with Gasteiger partial charge >= 0.3 is 0 Å². The fourth-order valence-electron chi connectivity index (χ4n) is 0.762. The van der Waals surface area contributed by atoms with Crippen LogP contribution >= 0.6 is 55.0 Å². The molecule has 4 heteroatoms. The molecule has 0 unspecified atom stereocenters. The second-order valence-electron chi connectivity index (χ2n) is 2.34. The van der Waals surface area contributed by atoms with E-state index in [1.54, 1.807) is 11.3 Å².